The lowest BCUT2D eigenvalue weighted by Gasteiger charge is -2.09. The van der Waals surface area contributed by atoms with Crippen LogP contribution in [0.4, 0.5) is 11.4 Å². The van der Waals surface area contributed by atoms with Gasteiger partial charge in [-0.3, -0.25) is 4.79 Å². The lowest BCUT2D eigenvalue weighted by Crippen LogP contribution is -2.14. The summed E-state index contributed by atoms with van der Waals surface area (Å²) in [5.41, 5.74) is 3.30. The van der Waals surface area contributed by atoms with Crippen molar-refractivity contribution in [3.05, 3.63) is 53.9 Å². The largest absolute Gasteiger partial charge is 0.385 e. The third-order valence-electron chi connectivity index (χ3n) is 3.69. The molecule has 1 aromatic carbocycles. The average molecular weight is 327 g/mol. The second-order valence-corrected chi connectivity index (χ2v) is 5.94. The Labute approximate surface area is 143 Å². The van der Waals surface area contributed by atoms with E-state index in [4.69, 9.17) is 4.74 Å². The van der Waals surface area contributed by atoms with E-state index >= 15 is 0 Å². The number of nitrogens with zero attached hydrogens (tertiary/aromatic N) is 1. The highest BCUT2D eigenvalue weighted by atomic mass is 16.5. The highest BCUT2D eigenvalue weighted by Crippen LogP contribution is 2.17. The molecule has 1 aromatic heterocycles. The molecule has 0 saturated heterocycles. The number of nitrogens with one attached hydrogen (secondary N) is 2. The molecule has 2 aromatic rings. The van der Waals surface area contributed by atoms with Crippen molar-refractivity contribution in [2.24, 2.45) is 0 Å². The van der Waals surface area contributed by atoms with Crippen LogP contribution in [0.3, 0.4) is 0 Å². The number of carbonyl (C=O) groups is 1. The van der Waals surface area contributed by atoms with Crippen LogP contribution >= 0.6 is 0 Å². The monoisotopic (exact) mass is 327 g/mol. The van der Waals surface area contributed by atoms with Crippen molar-refractivity contribution in [3.63, 3.8) is 0 Å². The fourth-order valence-electron chi connectivity index (χ4n) is 2.23. The van der Waals surface area contributed by atoms with E-state index < -0.39 is 0 Å². The number of hydrogen-bond acceptors (Lipinski definition) is 4. The van der Waals surface area contributed by atoms with Gasteiger partial charge in [-0.2, -0.15) is 0 Å². The first-order chi connectivity index (χ1) is 11.6. The van der Waals surface area contributed by atoms with Gasteiger partial charge >= 0.3 is 0 Å². The van der Waals surface area contributed by atoms with Crippen LogP contribution in [0.2, 0.25) is 0 Å². The third kappa shape index (κ3) is 5.35. The number of methoxy groups -OCH3 is 1. The lowest BCUT2D eigenvalue weighted by molar-refractivity contribution is 0.102. The van der Waals surface area contributed by atoms with E-state index in [1.54, 1.807) is 19.4 Å². The Morgan fingerprint density at radius 2 is 1.83 bits per heavy atom. The van der Waals surface area contributed by atoms with Gasteiger partial charge in [0.25, 0.3) is 5.91 Å². The van der Waals surface area contributed by atoms with Crippen molar-refractivity contribution in [1.29, 1.82) is 0 Å². The number of hydrogen-bond donors (Lipinski definition) is 2. The number of carbonyl (C=O) groups excluding carboxylic acids is 1. The number of pyridine rings is 1. The summed E-state index contributed by atoms with van der Waals surface area (Å²) in [6, 6.07) is 11.5. The minimum absolute atomic E-state index is 0.210. The predicted molar refractivity (Wildman–Crippen MR) is 97.7 cm³/mol. The Morgan fingerprint density at radius 1 is 1.12 bits per heavy atom. The third-order valence-corrected chi connectivity index (χ3v) is 3.69. The van der Waals surface area contributed by atoms with Crippen LogP contribution in [-0.4, -0.2) is 31.2 Å². The SMILES string of the molecule is COCCCNc1ccc(C(=O)Nc2ccc(C(C)C)cc2)nc1. The van der Waals surface area contributed by atoms with Crippen LogP contribution in [0.25, 0.3) is 0 Å². The normalized spacial score (nSPS) is 10.7. The Hall–Kier alpha value is -2.40. The van der Waals surface area contributed by atoms with Crippen molar-refractivity contribution in [2.45, 2.75) is 26.2 Å². The van der Waals surface area contributed by atoms with Crippen LogP contribution in [0.1, 0.15) is 42.2 Å². The molecule has 0 aliphatic carbocycles. The van der Waals surface area contributed by atoms with E-state index in [9.17, 15) is 4.79 Å². The maximum atomic E-state index is 12.2. The summed E-state index contributed by atoms with van der Waals surface area (Å²) in [6.45, 7) is 5.81. The first-order valence-electron chi connectivity index (χ1n) is 8.20. The molecule has 0 fully saturated rings. The number of ether oxygens (including phenoxy) is 1. The number of rotatable bonds is 8. The molecule has 24 heavy (non-hydrogen) atoms. The van der Waals surface area contributed by atoms with Crippen molar-refractivity contribution >= 4 is 17.3 Å². The summed E-state index contributed by atoms with van der Waals surface area (Å²) >= 11 is 0. The summed E-state index contributed by atoms with van der Waals surface area (Å²) in [5, 5.41) is 6.10. The first kappa shape index (κ1) is 17.9. The smallest absolute Gasteiger partial charge is 0.274 e. The molecular weight excluding hydrogens is 302 g/mol. The Balaban J connectivity index is 1.90. The zero-order valence-corrected chi connectivity index (χ0v) is 14.5. The molecule has 1 heterocycles. The highest BCUT2D eigenvalue weighted by Gasteiger charge is 2.08. The molecule has 0 radical (unpaired) electrons. The number of aromatic nitrogens is 1. The summed E-state index contributed by atoms with van der Waals surface area (Å²) in [6.07, 6.45) is 2.59. The van der Waals surface area contributed by atoms with Crippen LogP contribution < -0.4 is 10.6 Å². The van der Waals surface area contributed by atoms with Crippen molar-refractivity contribution < 1.29 is 9.53 Å². The van der Waals surface area contributed by atoms with E-state index in [0.29, 0.717) is 11.6 Å². The van der Waals surface area contributed by atoms with E-state index in [2.05, 4.69) is 29.5 Å². The zero-order valence-electron chi connectivity index (χ0n) is 14.5. The molecule has 5 nitrogen and oxygen atoms in total. The van der Waals surface area contributed by atoms with Crippen LogP contribution in [0.5, 0.6) is 0 Å². The molecule has 0 aliphatic heterocycles. The van der Waals surface area contributed by atoms with Gasteiger partial charge in [0.15, 0.2) is 0 Å². The summed E-state index contributed by atoms with van der Waals surface area (Å²) in [4.78, 5) is 16.4. The van der Waals surface area contributed by atoms with Gasteiger partial charge in [-0.1, -0.05) is 26.0 Å². The molecular formula is C19H25N3O2. The maximum Gasteiger partial charge on any atom is 0.274 e. The van der Waals surface area contributed by atoms with Gasteiger partial charge in [0, 0.05) is 25.9 Å². The molecule has 0 atom stereocenters. The minimum atomic E-state index is -0.210. The van der Waals surface area contributed by atoms with Crippen LogP contribution in [0.15, 0.2) is 42.6 Å². The Kier molecular flexibility index (Phi) is 6.75. The van der Waals surface area contributed by atoms with E-state index in [-0.39, 0.29) is 5.91 Å². The fourth-order valence-corrected chi connectivity index (χ4v) is 2.23. The highest BCUT2D eigenvalue weighted by molar-refractivity contribution is 6.02. The van der Waals surface area contributed by atoms with E-state index in [1.165, 1.54) is 5.56 Å². The molecule has 5 heteroatoms. The van der Waals surface area contributed by atoms with Crippen LogP contribution in [0, 0.1) is 0 Å². The van der Waals surface area contributed by atoms with Crippen LogP contribution in [-0.2, 0) is 4.74 Å². The molecule has 128 valence electrons. The second-order valence-electron chi connectivity index (χ2n) is 5.94. The molecule has 0 saturated carbocycles. The molecule has 0 unspecified atom stereocenters. The van der Waals surface area contributed by atoms with Crippen molar-refractivity contribution in [1.82, 2.24) is 4.98 Å². The molecule has 0 bridgehead atoms. The molecule has 0 aliphatic rings. The Bertz CT molecular complexity index is 637. The standard InChI is InChI=1S/C19H25N3O2/c1-14(2)15-5-7-16(8-6-15)22-19(23)18-10-9-17(13-21-18)20-11-4-12-24-3/h5-10,13-14,20H,4,11-12H2,1-3H3,(H,22,23). The quantitative estimate of drug-likeness (QED) is 0.722. The van der Waals surface area contributed by atoms with E-state index in [0.717, 1.165) is 30.9 Å². The number of anilines is 2. The predicted octanol–water partition coefficient (Wildman–Crippen LogP) is 3.91. The summed E-state index contributed by atoms with van der Waals surface area (Å²) in [5.74, 6) is 0.263. The van der Waals surface area contributed by atoms with Gasteiger partial charge in [0.05, 0.1) is 11.9 Å². The molecule has 1 amide bonds. The lowest BCUT2D eigenvalue weighted by atomic mass is 10.0. The first-order valence-corrected chi connectivity index (χ1v) is 8.20. The van der Waals surface area contributed by atoms with Gasteiger partial charge in [-0.05, 0) is 42.2 Å². The Morgan fingerprint density at radius 3 is 2.42 bits per heavy atom. The maximum absolute atomic E-state index is 12.2. The van der Waals surface area contributed by atoms with Gasteiger partial charge in [-0.15, -0.1) is 0 Å². The number of benzene rings is 1. The number of amides is 1. The topological polar surface area (TPSA) is 63.2 Å². The second kappa shape index (κ2) is 9.03. The molecule has 2 N–H and O–H groups in total. The molecule has 0 spiro atoms. The average Bonchev–Trinajstić information content (AvgIpc) is 2.59. The molecule has 2 rings (SSSR count). The van der Waals surface area contributed by atoms with E-state index in [1.807, 2.05) is 30.3 Å². The summed E-state index contributed by atoms with van der Waals surface area (Å²) in [7, 11) is 1.69. The van der Waals surface area contributed by atoms with Crippen molar-refractivity contribution in [2.75, 3.05) is 30.9 Å². The van der Waals surface area contributed by atoms with Crippen molar-refractivity contribution in [3.8, 4) is 0 Å². The van der Waals surface area contributed by atoms with Gasteiger partial charge in [0.2, 0.25) is 0 Å². The fraction of sp³-hybridized carbons (Fsp3) is 0.368. The summed E-state index contributed by atoms with van der Waals surface area (Å²) < 4.78 is 5.00. The van der Waals surface area contributed by atoms with Gasteiger partial charge in [0.1, 0.15) is 5.69 Å². The van der Waals surface area contributed by atoms with Gasteiger partial charge in [-0.25, -0.2) is 4.98 Å². The zero-order chi connectivity index (χ0) is 17.4. The minimum Gasteiger partial charge on any atom is -0.385 e. The van der Waals surface area contributed by atoms with Gasteiger partial charge < -0.3 is 15.4 Å².